The van der Waals surface area contributed by atoms with Gasteiger partial charge in [0.15, 0.2) is 6.04 Å². The van der Waals surface area contributed by atoms with E-state index in [4.69, 9.17) is 23.2 Å². The number of amides is 1. The first kappa shape index (κ1) is 20.6. The third-order valence-electron chi connectivity index (χ3n) is 4.86. The highest BCUT2D eigenvalue weighted by Gasteiger charge is 2.47. The van der Waals surface area contributed by atoms with Crippen LogP contribution in [0, 0.1) is 0 Å². The molecule has 3 aromatic rings. The fraction of sp³-hybridized carbons (Fsp3) is 0.200. The number of rotatable bonds is 3. The van der Waals surface area contributed by atoms with Crippen molar-refractivity contribution < 1.29 is 18.0 Å². The average Bonchev–Trinajstić information content (AvgIpc) is 3.14. The summed E-state index contributed by atoms with van der Waals surface area (Å²) in [5.41, 5.74) is 1.04. The summed E-state index contributed by atoms with van der Waals surface area (Å²) in [5.74, 6) is -0.605. The minimum absolute atomic E-state index is 0.00375. The van der Waals surface area contributed by atoms with Crippen molar-refractivity contribution in [2.75, 3.05) is 10.6 Å². The van der Waals surface area contributed by atoms with E-state index in [0.717, 1.165) is 10.9 Å². The Balaban J connectivity index is 1.68. The Morgan fingerprint density at radius 1 is 1.13 bits per heavy atom. The SMILES string of the molecule is O=C(Nc1ccc(Cl)c(Cl)c1)c1cnn2c1N[C@@H](c1ccccc1)C[C@@H]2C(F)(F)F. The highest BCUT2D eigenvalue weighted by atomic mass is 35.5. The van der Waals surface area contributed by atoms with Crippen LogP contribution >= 0.6 is 23.2 Å². The van der Waals surface area contributed by atoms with Crippen LogP contribution in [-0.4, -0.2) is 21.9 Å². The van der Waals surface area contributed by atoms with E-state index in [9.17, 15) is 18.0 Å². The van der Waals surface area contributed by atoms with Gasteiger partial charge in [-0.25, -0.2) is 4.68 Å². The van der Waals surface area contributed by atoms with Crippen LogP contribution in [-0.2, 0) is 0 Å². The Kier molecular flexibility index (Phi) is 5.38. The Morgan fingerprint density at radius 3 is 2.53 bits per heavy atom. The molecule has 0 saturated carbocycles. The summed E-state index contributed by atoms with van der Waals surface area (Å²) in [6.07, 6.45) is -3.63. The number of anilines is 2. The molecule has 1 aliphatic rings. The maximum absolute atomic E-state index is 13.7. The van der Waals surface area contributed by atoms with Crippen LogP contribution in [0.3, 0.4) is 0 Å². The van der Waals surface area contributed by atoms with Gasteiger partial charge in [0.25, 0.3) is 5.91 Å². The molecule has 0 fully saturated rings. The first-order valence-electron chi connectivity index (χ1n) is 8.96. The molecule has 156 valence electrons. The van der Waals surface area contributed by atoms with Crippen molar-refractivity contribution in [1.29, 1.82) is 0 Å². The summed E-state index contributed by atoms with van der Waals surface area (Å²) in [7, 11) is 0. The van der Waals surface area contributed by atoms with Gasteiger partial charge < -0.3 is 10.6 Å². The predicted molar refractivity (Wildman–Crippen MR) is 109 cm³/mol. The smallest absolute Gasteiger partial charge is 0.363 e. The zero-order valence-corrected chi connectivity index (χ0v) is 16.8. The fourth-order valence-electron chi connectivity index (χ4n) is 3.41. The van der Waals surface area contributed by atoms with Gasteiger partial charge in [0.1, 0.15) is 11.4 Å². The molecule has 10 heteroatoms. The number of aromatic nitrogens is 2. The van der Waals surface area contributed by atoms with E-state index >= 15 is 0 Å². The third kappa shape index (κ3) is 3.97. The van der Waals surface area contributed by atoms with E-state index in [-0.39, 0.29) is 22.8 Å². The Morgan fingerprint density at radius 2 is 1.87 bits per heavy atom. The van der Waals surface area contributed by atoms with Crippen LogP contribution in [0.2, 0.25) is 10.0 Å². The fourth-order valence-corrected chi connectivity index (χ4v) is 3.70. The number of fused-ring (bicyclic) bond motifs is 1. The van der Waals surface area contributed by atoms with Gasteiger partial charge in [-0.15, -0.1) is 0 Å². The first-order valence-corrected chi connectivity index (χ1v) is 9.71. The summed E-state index contributed by atoms with van der Waals surface area (Å²) in [4.78, 5) is 12.8. The van der Waals surface area contributed by atoms with Crippen molar-refractivity contribution >= 4 is 40.6 Å². The van der Waals surface area contributed by atoms with Gasteiger partial charge in [0, 0.05) is 12.1 Å². The zero-order chi connectivity index (χ0) is 21.5. The number of alkyl halides is 3. The van der Waals surface area contributed by atoms with Crippen LogP contribution in [0.25, 0.3) is 0 Å². The van der Waals surface area contributed by atoms with Gasteiger partial charge in [0.05, 0.1) is 22.3 Å². The number of halogens is 5. The van der Waals surface area contributed by atoms with Crippen LogP contribution in [0.15, 0.2) is 54.7 Å². The highest BCUT2D eigenvalue weighted by Crippen LogP contribution is 2.44. The number of hydrogen-bond donors (Lipinski definition) is 2. The Labute approximate surface area is 179 Å². The molecule has 1 aromatic heterocycles. The van der Waals surface area contributed by atoms with E-state index < -0.39 is 24.2 Å². The molecule has 5 nitrogen and oxygen atoms in total. The van der Waals surface area contributed by atoms with Gasteiger partial charge in [-0.05, 0) is 23.8 Å². The molecule has 2 N–H and O–H groups in total. The lowest BCUT2D eigenvalue weighted by Crippen LogP contribution is -2.36. The van der Waals surface area contributed by atoms with E-state index in [2.05, 4.69) is 15.7 Å². The molecular formula is C20H15Cl2F3N4O. The van der Waals surface area contributed by atoms with Crippen LogP contribution < -0.4 is 10.6 Å². The van der Waals surface area contributed by atoms with Crippen molar-refractivity contribution in [3.63, 3.8) is 0 Å². The van der Waals surface area contributed by atoms with Crippen molar-refractivity contribution in [3.05, 3.63) is 75.9 Å². The summed E-state index contributed by atoms with van der Waals surface area (Å²) in [5, 5.41) is 10.1. The summed E-state index contributed by atoms with van der Waals surface area (Å²) >= 11 is 11.8. The Hall–Kier alpha value is -2.71. The standard InChI is InChI=1S/C20H15Cl2F3N4O/c21-14-7-6-12(8-15(14)22)27-19(30)13-10-26-29-17(20(23,24)25)9-16(28-18(13)29)11-4-2-1-3-5-11/h1-8,10,16-17,28H,9H2,(H,27,30)/t16-,17-/m1/s1. The third-order valence-corrected chi connectivity index (χ3v) is 5.60. The molecule has 1 amide bonds. The maximum atomic E-state index is 13.7. The maximum Gasteiger partial charge on any atom is 0.410 e. The lowest BCUT2D eigenvalue weighted by Gasteiger charge is -2.34. The summed E-state index contributed by atoms with van der Waals surface area (Å²) in [6, 6.07) is 10.8. The van der Waals surface area contributed by atoms with E-state index in [1.807, 2.05) is 0 Å². The van der Waals surface area contributed by atoms with Crippen LogP contribution in [0.4, 0.5) is 24.7 Å². The molecule has 2 atom stereocenters. The second-order valence-electron chi connectivity index (χ2n) is 6.84. The van der Waals surface area contributed by atoms with Crippen molar-refractivity contribution in [2.24, 2.45) is 0 Å². The second-order valence-corrected chi connectivity index (χ2v) is 7.65. The van der Waals surface area contributed by atoms with Gasteiger partial charge in [-0.2, -0.15) is 18.3 Å². The first-order chi connectivity index (χ1) is 14.2. The minimum Gasteiger partial charge on any atom is -0.363 e. The summed E-state index contributed by atoms with van der Waals surface area (Å²) < 4.78 is 42.0. The molecule has 0 bridgehead atoms. The number of nitrogens with zero attached hydrogens (tertiary/aromatic N) is 2. The molecule has 0 radical (unpaired) electrons. The predicted octanol–water partition coefficient (Wildman–Crippen LogP) is 6.10. The normalized spacial score (nSPS) is 18.4. The minimum atomic E-state index is -4.52. The quantitative estimate of drug-likeness (QED) is 0.502. The van der Waals surface area contributed by atoms with Crippen LogP contribution in [0.5, 0.6) is 0 Å². The largest absolute Gasteiger partial charge is 0.410 e. The number of nitrogens with one attached hydrogen (secondary N) is 2. The molecule has 0 saturated heterocycles. The van der Waals surface area contributed by atoms with Crippen molar-refractivity contribution in [2.45, 2.75) is 24.7 Å². The lowest BCUT2D eigenvalue weighted by atomic mass is 9.96. The molecule has 0 spiro atoms. The van der Waals surface area contributed by atoms with Crippen molar-refractivity contribution in [1.82, 2.24) is 9.78 Å². The van der Waals surface area contributed by atoms with Crippen molar-refractivity contribution in [3.8, 4) is 0 Å². The second kappa shape index (κ2) is 7.85. The number of benzene rings is 2. The van der Waals surface area contributed by atoms with Gasteiger partial charge in [-0.1, -0.05) is 53.5 Å². The number of carbonyl (C=O) groups excluding carboxylic acids is 1. The number of hydrogen-bond acceptors (Lipinski definition) is 3. The number of carbonyl (C=O) groups is 1. The lowest BCUT2D eigenvalue weighted by molar-refractivity contribution is -0.173. The molecule has 0 unspecified atom stereocenters. The molecule has 0 aliphatic carbocycles. The van der Waals surface area contributed by atoms with Gasteiger partial charge in [0.2, 0.25) is 0 Å². The monoisotopic (exact) mass is 454 g/mol. The molecule has 2 heterocycles. The van der Waals surface area contributed by atoms with Gasteiger partial charge >= 0.3 is 6.18 Å². The Bertz CT molecular complexity index is 1090. The van der Waals surface area contributed by atoms with Gasteiger partial charge in [-0.3, -0.25) is 4.79 Å². The molecule has 4 rings (SSSR count). The zero-order valence-electron chi connectivity index (χ0n) is 15.3. The van der Waals surface area contributed by atoms with Crippen LogP contribution in [0.1, 0.15) is 34.4 Å². The van der Waals surface area contributed by atoms with E-state index in [0.29, 0.717) is 16.3 Å². The van der Waals surface area contributed by atoms with E-state index in [1.165, 1.54) is 12.1 Å². The summed E-state index contributed by atoms with van der Waals surface area (Å²) in [6.45, 7) is 0. The molecule has 1 aliphatic heterocycles. The molecule has 30 heavy (non-hydrogen) atoms. The molecule has 2 aromatic carbocycles. The molecular weight excluding hydrogens is 440 g/mol. The topological polar surface area (TPSA) is 59.0 Å². The average molecular weight is 455 g/mol. The van der Waals surface area contributed by atoms with E-state index in [1.54, 1.807) is 36.4 Å². The highest BCUT2D eigenvalue weighted by molar-refractivity contribution is 6.42.